The van der Waals surface area contributed by atoms with E-state index in [1.54, 1.807) is 0 Å². The molecule has 5 rings (SSSR count). The lowest BCUT2D eigenvalue weighted by Gasteiger charge is -2.32. The molecule has 2 N–H and O–H groups in total. The summed E-state index contributed by atoms with van der Waals surface area (Å²) in [5.74, 6) is 4.75. The number of fused-ring (bicyclic) bond motifs is 1. The molecule has 0 bridgehead atoms. The van der Waals surface area contributed by atoms with Crippen molar-refractivity contribution < 1.29 is 9.47 Å². The molecule has 1 atom stereocenters. The van der Waals surface area contributed by atoms with Crippen LogP contribution in [0.4, 0.5) is 17.6 Å². The second-order valence-electron chi connectivity index (χ2n) is 9.08. The highest BCUT2D eigenvalue weighted by molar-refractivity contribution is 7.80. The smallest absolute Gasteiger partial charge is 0.232 e. The first-order valence-electron chi connectivity index (χ1n) is 12.0. The fraction of sp³-hybridized carbons (Fsp3) is 0.542. The van der Waals surface area contributed by atoms with E-state index in [-0.39, 0.29) is 0 Å². The standard InChI is InChI=1S/C24H32N6O2S/c1-17-5-4-10-30(16-17)22-14-21(29-8-2-3-9-29)26-23(27-22)28-24(33)25-15-18-6-7-19-20(13-18)32-12-11-31-19/h6-7,13-14,17H,2-5,8-12,15-16H2,1H3,(H2,25,26,27,28,33). The topological polar surface area (TPSA) is 74.8 Å². The van der Waals surface area contributed by atoms with E-state index in [2.05, 4.69) is 33.4 Å². The Bertz CT molecular complexity index is 997. The molecule has 0 saturated carbocycles. The van der Waals surface area contributed by atoms with Gasteiger partial charge in [0.15, 0.2) is 16.6 Å². The predicted octanol–water partition coefficient (Wildman–Crippen LogP) is 3.57. The van der Waals surface area contributed by atoms with Crippen molar-refractivity contribution >= 4 is 34.9 Å². The van der Waals surface area contributed by atoms with E-state index in [1.807, 2.05) is 18.2 Å². The molecule has 176 valence electrons. The Balaban J connectivity index is 1.27. The predicted molar refractivity (Wildman–Crippen MR) is 135 cm³/mol. The maximum Gasteiger partial charge on any atom is 0.232 e. The SMILES string of the molecule is CC1CCCN(c2cc(N3CCCC3)nc(NC(=S)NCc3ccc4c(c3)OCCO4)n2)C1. The molecule has 0 aliphatic carbocycles. The first-order chi connectivity index (χ1) is 16.1. The zero-order chi connectivity index (χ0) is 22.6. The molecule has 3 aliphatic rings. The summed E-state index contributed by atoms with van der Waals surface area (Å²) >= 11 is 5.57. The first kappa shape index (κ1) is 22.0. The zero-order valence-corrected chi connectivity index (χ0v) is 20.0. The summed E-state index contributed by atoms with van der Waals surface area (Å²) in [7, 11) is 0. The monoisotopic (exact) mass is 468 g/mol. The second kappa shape index (κ2) is 9.99. The Kier molecular flexibility index (Phi) is 6.66. The van der Waals surface area contributed by atoms with Crippen LogP contribution >= 0.6 is 12.2 Å². The average Bonchev–Trinajstić information content (AvgIpc) is 3.38. The van der Waals surface area contributed by atoms with E-state index >= 15 is 0 Å². The highest BCUT2D eigenvalue weighted by Crippen LogP contribution is 2.31. The van der Waals surface area contributed by atoms with E-state index in [4.69, 9.17) is 31.7 Å². The van der Waals surface area contributed by atoms with Crippen molar-refractivity contribution in [3.63, 3.8) is 0 Å². The molecule has 0 radical (unpaired) electrons. The highest BCUT2D eigenvalue weighted by atomic mass is 32.1. The molecule has 4 heterocycles. The molecule has 1 aromatic heterocycles. The number of nitrogens with zero attached hydrogens (tertiary/aromatic N) is 4. The van der Waals surface area contributed by atoms with Gasteiger partial charge in [0.25, 0.3) is 0 Å². The number of hydrogen-bond acceptors (Lipinski definition) is 7. The van der Waals surface area contributed by atoms with Gasteiger partial charge in [0.2, 0.25) is 5.95 Å². The molecule has 2 fully saturated rings. The van der Waals surface area contributed by atoms with Crippen LogP contribution in [0.5, 0.6) is 11.5 Å². The lowest BCUT2D eigenvalue weighted by Crippen LogP contribution is -2.35. The summed E-state index contributed by atoms with van der Waals surface area (Å²) in [5, 5.41) is 6.99. The molecule has 1 aromatic carbocycles. The van der Waals surface area contributed by atoms with E-state index in [1.165, 1.54) is 25.7 Å². The molecule has 33 heavy (non-hydrogen) atoms. The van der Waals surface area contributed by atoms with Crippen molar-refractivity contribution in [2.45, 2.75) is 39.2 Å². The maximum atomic E-state index is 5.68. The minimum atomic E-state index is 0.501. The summed E-state index contributed by atoms with van der Waals surface area (Å²) < 4.78 is 11.3. The van der Waals surface area contributed by atoms with Gasteiger partial charge in [0, 0.05) is 38.8 Å². The number of ether oxygens (including phenoxy) is 2. The summed E-state index contributed by atoms with van der Waals surface area (Å²) in [4.78, 5) is 14.3. The summed E-state index contributed by atoms with van der Waals surface area (Å²) in [6.45, 7) is 8.20. The van der Waals surface area contributed by atoms with Gasteiger partial charge < -0.3 is 29.9 Å². The van der Waals surface area contributed by atoms with E-state index < -0.39 is 0 Å². The fourth-order valence-corrected chi connectivity index (χ4v) is 4.83. The van der Waals surface area contributed by atoms with E-state index in [0.29, 0.717) is 36.7 Å². The first-order valence-corrected chi connectivity index (χ1v) is 12.4. The van der Waals surface area contributed by atoms with Crippen molar-refractivity contribution in [2.24, 2.45) is 5.92 Å². The van der Waals surface area contributed by atoms with Gasteiger partial charge in [0.05, 0.1) is 0 Å². The third kappa shape index (κ3) is 5.40. The third-order valence-corrected chi connectivity index (χ3v) is 6.64. The van der Waals surface area contributed by atoms with Gasteiger partial charge in [-0.15, -0.1) is 0 Å². The molecule has 3 aliphatic heterocycles. The van der Waals surface area contributed by atoms with Crippen LogP contribution in [-0.2, 0) is 6.54 Å². The van der Waals surface area contributed by atoms with Gasteiger partial charge in [0.1, 0.15) is 24.8 Å². The Morgan fingerprint density at radius 3 is 2.52 bits per heavy atom. The number of hydrogen-bond donors (Lipinski definition) is 2. The summed E-state index contributed by atoms with van der Waals surface area (Å²) in [6.07, 6.45) is 4.89. The number of aromatic nitrogens is 2. The summed E-state index contributed by atoms with van der Waals surface area (Å²) in [6, 6.07) is 8.09. The quantitative estimate of drug-likeness (QED) is 0.641. The van der Waals surface area contributed by atoms with Crippen LogP contribution in [-0.4, -0.2) is 54.5 Å². The number of benzene rings is 1. The number of anilines is 3. The van der Waals surface area contributed by atoms with Crippen molar-refractivity contribution in [1.29, 1.82) is 0 Å². The third-order valence-electron chi connectivity index (χ3n) is 6.40. The molecule has 9 heteroatoms. The van der Waals surface area contributed by atoms with Crippen molar-refractivity contribution in [2.75, 3.05) is 54.5 Å². The zero-order valence-electron chi connectivity index (χ0n) is 19.2. The molecule has 2 aromatic rings. The van der Waals surface area contributed by atoms with Crippen LogP contribution in [0.1, 0.15) is 38.2 Å². The molecule has 0 amide bonds. The number of nitrogens with one attached hydrogen (secondary N) is 2. The van der Waals surface area contributed by atoms with Gasteiger partial charge in [-0.05, 0) is 61.5 Å². The molecule has 8 nitrogen and oxygen atoms in total. The van der Waals surface area contributed by atoms with Gasteiger partial charge >= 0.3 is 0 Å². The lowest BCUT2D eigenvalue weighted by atomic mass is 10.0. The fourth-order valence-electron chi connectivity index (χ4n) is 4.67. The number of rotatable bonds is 5. The highest BCUT2D eigenvalue weighted by Gasteiger charge is 2.22. The van der Waals surface area contributed by atoms with E-state index in [0.717, 1.165) is 54.9 Å². The van der Waals surface area contributed by atoms with Gasteiger partial charge in [-0.2, -0.15) is 9.97 Å². The number of thiocarbonyl (C=S) groups is 1. The normalized spacial score (nSPS) is 20.0. The van der Waals surface area contributed by atoms with Crippen LogP contribution in [0.15, 0.2) is 24.3 Å². The average molecular weight is 469 g/mol. The van der Waals surface area contributed by atoms with Crippen LogP contribution in [0.25, 0.3) is 0 Å². The Hall–Kier alpha value is -2.81. The van der Waals surface area contributed by atoms with Gasteiger partial charge in [-0.3, -0.25) is 0 Å². The minimum absolute atomic E-state index is 0.501. The van der Waals surface area contributed by atoms with Crippen LogP contribution < -0.4 is 29.9 Å². The van der Waals surface area contributed by atoms with Crippen LogP contribution in [0, 0.1) is 5.92 Å². The second-order valence-corrected chi connectivity index (χ2v) is 9.49. The lowest BCUT2D eigenvalue weighted by molar-refractivity contribution is 0.171. The molecular formula is C24H32N6O2S. The summed E-state index contributed by atoms with van der Waals surface area (Å²) in [5.41, 5.74) is 1.07. The van der Waals surface area contributed by atoms with Crippen molar-refractivity contribution in [3.8, 4) is 11.5 Å². The Morgan fingerprint density at radius 2 is 1.73 bits per heavy atom. The van der Waals surface area contributed by atoms with Crippen LogP contribution in [0.2, 0.25) is 0 Å². The largest absolute Gasteiger partial charge is 0.486 e. The van der Waals surface area contributed by atoms with Crippen molar-refractivity contribution in [3.05, 3.63) is 29.8 Å². The molecule has 0 spiro atoms. The maximum absolute atomic E-state index is 5.68. The minimum Gasteiger partial charge on any atom is -0.486 e. The Morgan fingerprint density at radius 1 is 1.00 bits per heavy atom. The van der Waals surface area contributed by atoms with Gasteiger partial charge in [-0.25, -0.2) is 0 Å². The Labute approximate surface area is 200 Å². The molecule has 2 saturated heterocycles. The molecule has 1 unspecified atom stereocenters. The van der Waals surface area contributed by atoms with Gasteiger partial charge in [-0.1, -0.05) is 13.0 Å². The molecular weight excluding hydrogens is 436 g/mol. The number of piperidine rings is 1. The van der Waals surface area contributed by atoms with Crippen LogP contribution in [0.3, 0.4) is 0 Å². The van der Waals surface area contributed by atoms with Crippen molar-refractivity contribution in [1.82, 2.24) is 15.3 Å². The van der Waals surface area contributed by atoms with E-state index in [9.17, 15) is 0 Å².